The van der Waals surface area contributed by atoms with Gasteiger partial charge in [-0.1, -0.05) is 13.0 Å². The Hall–Kier alpha value is -3.12. The molecule has 3 N–H and O–H groups in total. The Morgan fingerprint density at radius 3 is 2.56 bits per heavy atom. The number of nitrogens with zero attached hydrogens (tertiary/aromatic N) is 5. The molecule has 196 valence electrons. The number of rotatable bonds is 7. The van der Waals surface area contributed by atoms with Crippen LogP contribution in [0.5, 0.6) is 0 Å². The van der Waals surface area contributed by atoms with Crippen LogP contribution in [0, 0.1) is 0 Å². The number of carbonyl (C=O) groups is 1. The third-order valence-corrected chi connectivity index (χ3v) is 6.69. The molecule has 12 heteroatoms. The van der Waals surface area contributed by atoms with Gasteiger partial charge in [0.15, 0.2) is 0 Å². The van der Waals surface area contributed by atoms with Crippen molar-refractivity contribution in [2.75, 3.05) is 68.4 Å². The highest BCUT2D eigenvalue weighted by Gasteiger charge is 2.34. The van der Waals surface area contributed by atoms with Crippen molar-refractivity contribution in [2.45, 2.75) is 32.1 Å². The first-order valence-electron chi connectivity index (χ1n) is 12.2. The molecule has 3 heterocycles. The summed E-state index contributed by atoms with van der Waals surface area (Å²) in [5.74, 6) is 1.26. The van der Waals surface area contributed by atoms with E-state index in [2.05, 4.69) is 37.7 Å². The number of aromatic nitrogens is 2. The summed E-state index contributed by atoms with van der Waals surface area (Å²) in [5.41, 5.74) is -0.381. The van der Waals surface area contributed by atoms with E-state index in [9.17, 15) is 18.0 Å². The van der Waals surface area contributed by atoms with Crippen molar-refractivity contribution in [1.29, 1.82) is 0 Å². The maximum atomic E-state index is 13.8. The maximum Gasteiger partial charge on any atom is 0.416 e. The fourth-order valence-electron chi connectivity index (χ4n) is 4.65. The number of hydrogen-bond acceptors (Lipinski definition) is 7. The van der Waals surface area contributed by atoms with Gasteiger partial charge in [0.2, 0.25) is 5.95 Å². The first-order valence-corrected chi connectivity index (χ1v) is 12.2. The van der Waals surface area contributed by atoms with Crippen molar-refractivity contribution in [3.8, 4) is 0 Å². The first kappa shape index (κ1) is 26.0. The van der Waals surface area contributed by atoms with E-state index in [1.54, 1.807) is 19.3 Å². The van der Waals surface area contributed by atoms with Crippen LogP contribution in [0.3, 0.4) is 0 Å². The number of benzene rings is 1. The average Bonchev–Trinajstić information content (AvgIpc) is 3.33. The molecule has 1 atom stereocenters. The van der Waals surface area contributed by atoms with Gasteiger partial charge in [0.1, 0.15) is 5.82 Å². The molecule has 0 spiro atoms. The van der Waals surface area contributed by atoms with Crippen molar-refractivity contribution in [3.63, 3.8) is 0 Å². The summed E-state index contributed by atoms with van der Waals surface area (Å²) >= 11 is 0. The van der Waals surface area contributed by atoms with Gasteiger partial charge in [-0.05, 0) is 36.7 Å². The van der Waals surface area contributed by atoms with Gasteiger partial charge >= 0.3 is 12.2 Å². The van der Waals surface area contributed by atoms with E-state index in [-0.39, 0.29) is 23.8 Å². The summed E-state index contributed by atoms with van der Waals surface area (Å²) in [7, 11) is 1.74. The number of piperazine rings is 1. The van der Waals surface area contributed by atoms with Crippen LogP contribution in [0.1, 0.15) is 24.5 Å². The molecule has 2 aromatic rings. The zero-order valence-corrected chi connectivity index (χ0v) is 20.6. The number of anilines is 3. The van der Waals surface area contributed by atoms with Crippen molar-refractivity contribution in [2.24, 2.45) is 0 Å². The molecular weight excluding hydrogens is 473 g/mol. The highest BCUT2D eigenvalue weighted by Crippen LogP contribution is 2.34. The summed E-state index contributed by atoms with van der Waals surface area (Å²) < 4.78 is 41.5. The van der Waals surface area contributed by atoms with Crippen LogP contribution < -0.4 is 20.9 Å². The quantitative estimate of drug-likeness (QED) is 0.532. The van der Waals surface area contributed by atoms with E-state index >= 15 is 0 Å². The van der Waals surface area contributed by atoms with Crippen LogP contribution in [0.15, 0.2) is 30.5 Å². The van der Waals surface area contributed by atoms with E-state index in [4.69, 9.17) is 0 Å². The highest BCUT2D eigenvalue weighted by atomic mass is 19.4. The smallest absolute Gasteiger partial charge is 0.357 e. The number of amides is 2. The molecule has 36 heavy (non-hydrogen) atoms. The van der Waals surface area contributed by atoms with Crippen molar-refractivity contribution in [1.82, 2.24) is 25.1 Å². The lowest BCUT2D eigenvalue weighted by atomic mass is 10.0. The van der Waals surface area contributed by atoms with E-state index < -0.39 is 17.8 Å². The highest BCUT2D eigenvalue weighted by molar-refractivity contribution is 5.89. The Labute approximate surface area is 209 Å². The Morgan fingerprint density at radius 1 is 1.11 bits per heavy atom. The lowest BCUT2D eigenvalue weighted by molar-refractivity contribution is -0.138. The number of nitrogens with one attached hydrogen (secondary N) is 3. The molecule has 2 aliphatic rings. The van der Waals surface area contributed by atoms with E-state index in [1.807, 2.05) is 9.80 Å². The second-order valence-electron chi connectivity index (χ2n) is 9.10. The predicted molar refractivity (Wildman–Crippen MR) is 133 cm³/mol. The molecule has 1 aromatic heterocycles. The molecule has 0 saturated carbocycles. The zero-order valence-electron chi connectivity index (χ0n) is 20.6. The van der Waals surface area contributed by atoms with Gasteiger partial charge < -0.3 is 25.8 Å². The molecule has 0 unspecified atom stereocenters. The Bertz CT molecular complexity index is 1040. The topological polar surface area (TPSA) is 88.7 Å². The second kappa shape index (κ2) is 11.3. The molecule has 4 rings (SSSR count). The monoisotopic (exact) mass is 506 g/mol. The molecule has 0 aliphatic carbocycles. The molecule has 2 fully saturated rings. The number of alkyl halides is 3. The molecule has 0 radical (unpaired) electrons. The molecule has 0 bridgehead atoms. The van der Waals surface area contributed by atoms with Crippen LogP contribution in [-0.4, -0.2) is 84.7 Å². The van der Waals surface area contributed by atoms with Crippen LogP contribution in [-0.2, 0) is 12.7 Å². The third-order valence-electron chi connectivity index (χ3n) is 6.69. The van der Waals surface area contributed by atoms with E-state index in [0.29, 0.717) is 25.5 Å². The maximum absolute atomic E-state index is 13.8. The van der Waals surface area contributed by atoms with Gasteiger partial charge in [0.25, 0.3) is 0 Å². The van der Waals surface area contributed by atoms with Crippen LogP contribution in [0.25, 0.3) is 0 Å². The number of likely N-dealkylation sites (N-methyl/N-ethyl adjacent to an activating group) is 1. The SMILES string of the molecule is CCN1CCN(Cc2ccc(NC(=O)N[C@H]3CCN(c4ccnc(NC)n4)C3)cc2C(F)(F)F)CC1. The van der Waals surface area contributed by atoms with E-state index in [1.165, 1.54) is 12.1 Å². The lowest BCUT2D eigenvalue weighted by Gasteiger charge is -2.34. The summed E-state index contributed by atoms with van der Waals surface area (Å²) in [6.45, 7) is 7.68. The number of urea groups is 1. The Balaban J connectivity index is 1.35. The molecule has 2 aliphatic heterocycles. The average molecular weight is 507 g/mol. The summed E-state index contributed by atoms with van der Waals surface area (Å²) in [6, 6.07) is 5.15. The minimum Gasteiger partial charge on any atom is -0.357 e. The normalized spacial score (nSPS) is 19.4. The standard InChI is InChI=1S/C24H33F3N8O/c1-3-33-10-12-34(13-11-33)15-17-4-5-18(14-20(17)24(25,26)27)30-23(36)31-19-7-9-35(16-19)21-6-8-29-22(28-2)32-21/h4-6,8,14,19H,3,7,9-13,15-16H2,1-2H3,(H,28,29,32)(H2,30,31,36)/t19-/m0/s1. The fraction of sp³-hybridized carbons (Fsp3) is 0.542. The largest absolute Gasteiger partial charge is 0.416 e. The minimum atomic E-state index is -4.51. The summed E-state index contributed by atoms with van der Waals surface area (Å²) in [6.07, 6.45) is -2.15. The van der Waals surface area contributed by atoms with Gasteiger partial charge in [-0.15, -0.1) is 0 Å². The van der Waals surface area contributed by atoms with Crippen LogP contribution >= 0.6 is 0 Å². The lowest BCUT2D eigenvalue weighted by Crippen LogP contribution is -2.45. The Morgan fingerprint density at radius 2 is 1.86 bits per heavy atom. The Kier molecular flexibility index (Phi) is 8.14. The molecular formula is C24H33F3N8O. The van der Waals surface area contributed by atoms with Crippen LogP contribution in [0.4, 0.5) is 35.4 Å². The number of hydrogen-bond donors (Lipinski definition) is 3. The van der Waals surface area contributed by atoms with Crippen molar-refractivity contribution in [3.05, 3.63) is 41.6 Å². The van der Waals surface area contributed by atoms with Crippen LogP contribution in [0.2, 0.25) is 0 Å². The molecule has 2 saturated heterocycles. The van der Waals surface area contributed by atoms with Gasteiger partial charge in [-0.25, -0.2) is 9.78 Å². The van der Waals surface area contributed by atoms with Crippen molar-refractivity contribution < 1.29 is 18.0 Å². The predicted octanol–water partition coefficient (Wildman–Crippen LogP) is 3.08. The third kappa shape index (κ3) is 6.55. The van der Waals surface area contributed by atoms with Gasteiger partial charge in [0.05, 0.1) is 5.56 Å². The summed E-state index contributed by atoms with van der Waals surface area (Å²) in [5, 5.41) is 8.33. The van der Waals surface area contributed by atoms with Gasteiger partial charge in [-0.2, -0.15) is 18.2 Å². The van der Waals surface area contributed by atoms with E-state index in [0.717, 1.165) is 44.6 Å². The fourth-order valence-corrected chi connectivity index (χ4v) is 4.65. The first-order chi connectivity index (χ1) is 17.2. The summed E-state index contributed by atoms with van der Waals surface area (Å²) in [4.78, 5) is 27.4. The second-order valence-corrected chi connectivity index (χ2v) is 9.10. The van der Waals surface area contributed by atoms with Crippen molar-refractivity contribution >= 4 is 23.5 Å². The molecule has 1 aromatic carbocycles. The van der Waals surface area contributed by atoms with Gasteiger partial charge in [0, 0.05) is 70.8 Å². The zero-order chi connectivity index (χ0) is 25.7. The minimum absolute atomic E-state index is 0.115. The number of halogens is 3. The molecule has 9 nitrogen and oxygen atoms in total. The van der Waals surface area contributed by atoms with Gasteiger partial charge in [-0.3, -0.25) is 4.90 Å². The number of carbonyl (C=O) groups excluding carboxylic acids is 1. The molecule has 2 amide bonds.